The number of pyridine rings is 1. The molecule has 138 valence electrons. The predicted octanol–water partition coefficient (Wildman–Crippen LogP) is 3.54. The van der Waals surface area contributed by atoms with E-state index in [9.17, 15) is 4.79 Å². The van der Waals surface area contributed by atoms with Gasteiger partial charge < -0.3 is 10.2 Å². The molecular weight excluding hydrogens is 362 g/mol. The Morgan fingerprint density at radius 3 is 2.69 bits per heavy atom. The number of nitrogens with zero attached hydrogens (tertiary/aromatic N) is 2. The van der Waals surface area contributed by atoms with Gasteiger partial charge in [0.05, 0.1) is 11.4 Å². The molecule has 26 heavy (non-hydrogen) atoms. The van der Waals surface area contributed by atoms with E-state index in [1.54, 1.807) is 18.0 Å². The van der Waals surface area contributed by atoms with Gasteiger partial charge >= 0.3 is 0 Å². The fourth-order valence-corrected chi connectivity index (χ4v) is 4.51. The lowest BCUT2D eigenvalue weighted by Crippen LogP contribution is -2.34. The van der Waals surface area contributed by atoms with Crippen molar-refractivity contribution in [3.8, 4) is 0 Å². The Hall–Kier alpha value is -1.50. The zero-order valence-corrected chi connectivity index (χ0v) is 16.5. The highest BCUT2D eigenvalue weighted by molar-refractivity contribution is 7.99. The van der Waals surface area contributed by atoms with Crippen LogP contribution in [0.3, 0.4) is 0 Å². The number of carbonyl (C=O) groups is 1. The molecule has 0 saturated carbocycles. The van der Waals surface area contributed by atoms with Gasteiger partial charge in [-0.05, 0) is 36.2 Å². The summed E-state index contributed by atoms with van der Waals surface area (Å²) in [6.45, 7) is 3.53. The van der Waals surface area contributed by atoms with Crippen molar-refractivity contribution in [1.82, 2.24) is 9.88 Å². The Balaban J connectivity index is 1.37. The standard InChI is InChI=1S/C20H25N3OS2/c24-20(16-26-15-19-3-1-2-9-21-19)22-18-6-4-17(5-7-18)8-10-23-11-13-25-14-12-23/h1-7,9H,8,10-16H2,(H,22,24). The zero-order chi connectivity index (χ0) is 18.0. The normalized spacial score (nSPS) is 14.9. The number of rotatable bonds is 8. The van der Waals surface area contributed by atoms with E-state index in [1.807, 2.05) is 42.1 Å². The number of aromatic nitrogens is 1. The molecule has 1 aliphatic rings. The van der Waals surface area contributed by atoms with Gasteiger partial charge in [-0.2, -0.15) is 11.8 Å². The average Bonchev–Trinajstić information content (AvgIpc) is 2.69. The second-order valence-corrected chi connectivity index (χ2v) is 8.47. The third-order valence-corrected chi connectivity index (χ3v) is 6.18. The molecular formula is C20H25N3OS2. The summed E-state index contributed by atoms with van der Waals surface area (Å²) in [5.41, 5.74) is 3.19. The lowest BCUT2D eigenvalue weighted by atomic mass is 10.1. The van der Waals surface area contributed by atoms with Crippen LogP contribution in [0.15, 0.2) is 48.7 Å². The first-order chi connectivity index (χ1) is 12.8. The largest absolute Gasteiger partial charge is 0.325 e. The number of hydrogen-bond donors (Lipinski definition) is 1. The molecule has 0 radical (unpaired) electrons. The minimum atomic E-state index is 0.0319. The summed E-state index contributed by atoms with van der Waals surface area (Å²) in [5, 5.41) is 2.97. The number of anilines is 1. The average molecular weight is 388 g/mol. The molecule has 1 fully saturated rings. The van der Waals surface area contributed by atoms with Gasteiger partial charge in [0.15, 0.2) is 0 Å². The van der Waals surface area contributed by atoms with Gasteiger partial charge in [-0.1, -0.05) is 18.2 Å². The maximum Gasteiger partial charge on any atom is 0.234 e. The van der Waals surface area contributed by atoms with Gasteiger partial charge in [0, 0.05) is 48.8 Å². The summed E-state index contributed by atoms with van der Waals surface area (Å²) >= 11 is 3.62. The Labute approximate surface area is 164 Å². The van der Waals surface area contributed by atoms with Crippen LogP contribution in [0.2, 0.25) is 0 Å². The quantitative estimate of drug-likeness (QED) is 0.751. The summed E-state index contributed by atoms with van der Waals surface area (Å²) in [5.74, 6) is 3.73. The van der Waals surface area contributed by atoms with Crippen molar-refractivity contribution in [2.45, 2.75) is 12.2 Å². The molecule has 0 atom stereocenters. The number of carbonyl (C=O) groups excluding carboxylic acids is 1. The topological polar surface area (TPSA) is 45.2 Å². The van der Waals surface area contributed by atoms with E-state index < -0.39 is 0 Å². The number of benzene rings is 1. The molecule has 4 nitrogen and oxygen atoms in total. The highest BCUT2D eigenvalue weighted by Crippen LogP contribution is 2.14. The molecule has 1 aromatic heterocycles. The van der Waals surface area contributed by atoms with Crippen molar-refractivity contribution in [2.24, 2.45) is 0 Å². The molecule has 1 N–H and O–H groups in total. The summed E-state index contributed by atoms with van der Waals surface area (Å²) < 4.78 is 0. The second kappa shape index (κ2) is 10.6. The second-order valence-electron chi connectivity index (χ2n) is 6.26. The van der Waals surface area contributed by atoms with Crippen LogP contribution in [0.4, 0.5) is 5.69 Å². The van der Waals surface area contributed by atoms with E-state index in [0.29, 0.717) is 5.75 Å². The summed E-state index contributed by atoms with van der Waals surface area (Å²) in [7, 11) is 0. The van der Waals surface area contributed by atoms with E-state index in [0.717, 1.165) is 30.1 Å². The van der Waals surface area contributed by atoms with Gasteiger partial charge in [-0.25, -0.2) is 0 Å². The minimum Gasteiger partial charge on any atom is -0.325 e. The smallest absolute Gasteiger partial charge is 0.234 e. The summed E-state index contributed by atoms with van der Waals surface area (Å²) in [6.07, 6.45) is 2.85. The molecule has 0 spiro atoms. The zero-order valence-electron chi connectivity index (χ0n) is 14.9. The fraction of sp³-hybridized carbons (Fsp3) is 0.400. The van der Waals surface area contributed by atoms with Crippen LogP contribution in [0.1, 0.15) is 11.3 Å². The Bertz CT molecular complexity index is 673. The molecule has 1 aliphatic heterocycles. The maximum absolute atomic E-state index is 12.1. The van der Waals surface area contributed by atoms with Crippen molar-refractivity contribution in [3.63, 3.8) is 0 Å². The maximum atomic E-state index is 12.1. The monoisotopic (exact) mass is 387 g/mol. The van der Waals surface area contributed by atoms with Gasteiger partial charge in [0.2, 0.25) is 5.91 Å². The lowest BCUT2D eigenvalue weighted by molar-refractivity contribution is -0.113. The molecule has 6 heteroatoms. The van der Waals surface area contributed by atoms with Gasteiger partial charge in [-0.15, -0.1) is 11.8 Å². The number of thioether (sulfide) groups is 2. The SMILES string of the molecule is O=C(CSCc1ccccn1)Nc1ccc(CCN2CCSCC2)cc1. The molecule has 2 aromatic rings. The molecule has 1 amide bonds. The Kier molecular flexibility index (Phi) is 7.86. The molecule has 2 heterocycles. The molecule has 0 bridgehead atoms. The van der Waals surface area contributed by atoms with E-state index in [4.69, 9.17) is 0 Å². The molecule has 1 saturated heterocycles. The predicted molar refractivity (Wildman–Crippen MR) is 113 cm³/mol. The third kappa shape index (κ3) is 6.67. The minimum absolute atomic E-state index is 0.0319. The van der Waals surface area contributed by atoms with Crippen LogP contribution in [0.5, 0.6) is 0 Å². The van der Waals surface area contributed by atoms with Crippen molar-refractivity contribution in [2.75, 3.05) is 42.2 Å². The van der Waals surface area contributed by atoms with Crippen molar-refractivity contribution in [1.29, 1.82) is 0 Å². The summed E-state index contributed by atoms with van der Waals surface area (Å²) in [4.78, 5) is 18.9. The number of hydrogen-bond acceptors (Lipinski definition) is 5. The van der Waals surface area contributed by atoms with E-state index in [1.165, 1.54) is 30.2 Å². The van der Waals surface area contributed by atoms with Gasteiger partial charge in [-0.3, -0.25) is 9.78 Å². The number of nitrogens with one attached hydrogen (secondary N) is 1. The highest BCUT2D eigenvalue weighted by Gasteiger charge is 2.10. The van der Waals surface area contributed by atoms with Gasteiger partial charge in [0.25, 0.3) is 0 Å². The van der Waals surface area contributed by atoms with Crippen LogP contribution < -0.4 is 5.32 Å². The first-order valence-corrected chi connectivity index (χ1v) is 11.3. The fourth-order valence-electron chi connectivity index (χ4n) is 2.80. The molecule has 1 aromatic carbocycles. The summed E-state index contributed by atoms with van der Waals surface area (Å²) in [6, 6.07) is 14.1. The van der Waals surface area contributed by atoms with Crippen LogP contribution >= 0.6 is 23.5 Å². The van der Waals surface area contributed by atoms with Crippen molar-refractivity contribution >= 4 is 35.1 Å². The Morgan fingerprint density at radius 2 is 1.96 bits per heavy atom. The molecule has 0 unspecified atom stereocenters. The van der Waals surface area contributed by atoms with E-state index in [2.05, 4.69) is 27.3 Å². The third-order valence-electron chi connectivity index (χ3n) is 4.27. The van der Waals surface area contributed by atoms with Crippen LogP contribution in [0, 0.1) is 0 Å². The highest BCUT2D eigenvalue weighted by atomic mass is 32.2. The van der Waals surface area contributed by atoms with Crippen molar-refractivity contribution in [3.05, 3.63) is 59.9 Å². The van der Waals surface area contributed by atoms with Crippen LogP contribution in [0.25, 0.3) is 0 Å². The molecule has 0 aliphatic carbocycles. The Morgan fingerprint density at radius 1 is 1.15 bits per heavy atom. The van der Waals surface area contributed by atoms with Crippen LogP contribution in [-0.4, -0.2) is 52.7 Å². The first kappa shape index (κ1) is 19.3. The lowest BCUT2D eigenvalue weighted by Gasteiger charge is -2.26. The molecule has 3 rings (SSSR count). The van der Waals surface area contributed by atoms with E-state index >= 15 is 0 Å². The number of amides is 1. The van der Waals surface area contributed by atoms with Crippen molar-refractivity contribution < 1.29 is 4.79 Å². The first-order valence-electron chi connectivity index (χ1n) is 8.96. The van der Waals surface area contributed by atoms with Gasteiger partial charge in [0.1, 0.15) is 0 Å². The van der Waals surface area contributed by atoms with E-state index in [-0.39, 0.29) is 5.91 Å². The van der Waals surface area contributed by atoms with Crippen LogP contribution in [-0.2, 0) is 17.0 Å².